The molecule has 0 aliphatic carbocycles. The number of nitrogens with zero attached hydrogens (tertiary/aromatic N) is 2. The number of halogens is 2. The number of benzene rings is 1. The van der Waals surface area contributed by atoms with E-state index in [9.17, 15) is 9.18 Å². The van der Waals surface area contributed by atoms with Gasteiger partial charge in [0.15, 0.2) is 0 Å². The van der Waals surface area contributed by atoms with Crippen molar-refractivity contribution in [3.8, 4) is 0 Å². The zero-order valence-electron chi connectivity index (χ0n) is 10.0. The van der Waals surface area contributed by atoms with Gasteiger partial charge in [-0.1, -0.05) is 0 Å². The van der Waals surface area contributed by atoms with Crippen molar-refractivity contribution in [1.29, 1.82) is 0 Å². The van der Waals surface area contributed by atoms with Crippen LogP contribution >= 0.6 is 11.6 Å². The maximum Gasteiger partial charge on any atom is 0.325 e. The number of rotatable bonds is 3. The Bertz CT molecular complexity index is 610. The van der Waals surface area contributed by atoms with Gasteiger partial charge in [0.1, 0.15) is 18.2 Å². The van der Waals surface area contributed by atoms with E-state index in [1.54, 1.807) is 17.6 Å². The number of hydrogen-bond acceptors (Lipinski definition) is 3. The fourth-order valence-corrected chi connectivity index (χ4v) is 1.98. The third-order valence-electron chi connectivity index (χ3n) is 2.74. The molecule has 2 aromatic rings. The van der Waals surface area contributed by atoms with Crippen LogP contribution in [0.25, 0.3) is 11.0 Å². The van der Waals surface area contributed by atoms with Crippen LogP contribution in [0.15, 0.2) is 12.1 Å². The Balaban J connectivity index is 2.61. The zero-order valence-corrected chi connectivity index (χ0v) is 10.8. The average molecular weight is 271 g/mol. The van der Waals surface area contributed by atoms with Crippen molar-refractivity contribution in [1.82, 2.24) is 9.55 Å². The topological polar surface area (TPSA) is 44.1 Å². The van der Waals surface area contributed by atoms with Crippen LogP contribution in [0.3, 0.4) is 0 Å². The number of aromatic nitrogens is 2. The van der Waals surface area contributed by atoms with Gasteiger partial charge in [-0.05, 0) is 18.6 Å². The number of carbonyl (C=O) groups is 1. The Hall–Kier alpha value is -1.62. The SMILES string of the molecule is COC(=O)Cn1c(CCl)nc2cc(F)c(C)cc21. The Morgan fingerprint density at radius 2 is 2.28 bits per heavy atom. The standard InChI is InChI=1S/C12H12ClFN2O2/c1-7-3-10-9(4-8(7)14)15-11(5-13)16(10)6-12(17)18-2/h3-4H,5-6H2,1-2H3. The minimum atomic E-state index is -0.400. The summed E-state index contributed by atoms with van der Waals surface area (Å²) >= 11 is 5.78. The smallest absolute Gasteiger partial charge is 0.325 e. The number of imidazole rings is 1. The van der Waals surface area contributed by atoms with E-state index in [0.717, 1.165) is 0 Å². The number of fused-ring (bicyclic) bond motifs is 1. The largest absolute Gasteiger partial charge is 0.468 e. The summed E-state index contributed by atoms with van der Waals surface area (Å²) in [6.07, 6.45) is 0. The quantitative estimate of drug-likeness (QED) is 0.635. The van der Waals surface area contributed by atoms with E-state index < -0.39 is 5.97 Å². The Morgan fingerprint density at radius 1 is 1.56 bits per heavy atom. The van der Waals surface area contributed by atoms with Gasteiger partial charge in [-0.25, -0.2) is 9.37 Å². The van der Waals surface area contributed by atoms with E-state index in [0.29, 0.717) is 22.4 Å². The number of hydrogen-bond donors (Lipinski definition) is 0. The summed E-state index contributed by atoms with van der Waals surface area (Å²) in [5.41, 5.74) is 1.65. The molecule has 6 heteroatoms. The lowest BCUT2D eigenvalue weighted by Gasteiger charge is -2.06. The lowest BCUT2D eigenvalue weighted by atomic mass is 10.2. The van der Waals surface area contributed by atoms with Crippen LogP contribution in [-0.4, -0.2) is 22.6 Å². The van der Waals surface area contributed by atoms with Gasteiger partial charge in [0.25, 0.3) is 0 Å². The summed E-state index contributed by atoms with van der Waals surface area (Å²) in [4.78, 5) is 15.6. The van der Waals surface area contributed by atoms with E-state index in [1.807, 2.05) is 0 Å². The van der Waals surface area contributed by atoms with Gasteiger partial charge in [-0.3, -0.25) is 4.79 Å². The van der Waals surface area contributed by atoms with Gasteiger partial charge in [0.05, 0.1) is 24.0 Å². The highest BCUT2D eigenvalue weighted by Crippen LogP contribution is 2.21. The molecule has 18 heavy (non-hydrogen) atoms. The van der Waals surface area contributed by atoms with Crippen molar-refractivity contribution in [3.05, 3.63) is 29.3 Å². The van der Waals surface area contributed by atoms with Crippen molar-refractivity contribution in [3.63, 3.8) is 0 Å². The molecule has 0 amide bonds. The van der Waals surface area contributed by atoms with Crippen LogP contribution in [0.2, 0.25) is 0 Å². The van der Waals surface area contributed by atoms with Crippen LogP contribution in [0.5, 0.6) is 0 Å². The van der Waals surface area contributed by atoms with E-state index >= 15 is 0 Å². The maximum atomic E-state index is 13.4. The van der Waals surface area contributed by atoms with Crippen molar-refractivity contribution in [2.75, 3.05) is 7.11 Å². The van der Waals surface area contributed by atoms with Gasteiger partial charge in [-0.2, -0.15) is 0 Å². The van der Waals surface area contributed by atoms with Gasteiger partial charge in [-0.15, -0.1) is 11.6 Å². The van der Waals surface area contributed by atoms with Gasteiger partial charge in [0, 0.05) is 6.07 Å². The predicted molar refractivity (Wildman–Crippen MR) is 66.0 cm³/mol. The molecular formula is C12H12ClFN2O2. The summed E-state index contributed by atoms with van der Waals surface area (Å²) in [7, 11) is 1.31. The molecule has 0 unspecified atom stereocenters. The van der Waals surface area contributed by atoms with Gasteiger partial charge < -0.3 is 9.30 Å². The number of carbonyl (C=O) groups excluding carboxylic acids is 1. The lowest BCUT2D eigenvalue weighted by Crippen LogP contribution is -2.13. The molecule has 0 saturated carbocycles. The fourth-order valence-electron chi connectivity index (χ4n) is 1.77. The number of methoxy groups -OCH3 is 1. The fraction of sp³-hybridized carbons (Fsp3) is 0.333. The van der Waals surface area contributed by atoms with Crippen molar-refractivity contribution in [2.24, 2.45) is 0 Å². The van der Waals surface area contributed by atoms with E-state index in [1.165, 1.54) is 13.2 Å². The normalized spacial score (nSPS) is 10.9. The van der Waals surface area contributed by atoms with E-state index in [4.69, 9.17) is 11.6 Å². The summed E-state index contributed by atoms with van der Waals surface area (Å²) in [5.74, 6) is -0.0668. The third-order valence-corrected chi connectivity index (χ3v) is 2.98. The third kappa shape index (κ3) is 2.18. The molecule has 1 aromatic heterocycles. The monoisotopic (exact) mass is 270 g/mol. The first-order valence-electron chi connectivity index (χ1n) is 5.35. The highest BCUT2D eigenvalue weighted by Gasteiger charge is 2.14. The number of esters is 1. The highest BCUT2D eigenvalue weighted by atomic mass is 35.5. The van der Waals surface area contributed by atoms with Crippen LogP contribution in [0.1, 0.15) is 11.4 Å². The molecule has 2 rings (SSSR count). The van der Waals surface area contributed by atoms with Crippen LogP contribution in [-0.2, 0) is 22.0 Å². The lowest BCUT2D eigenvalue weighted by molar-refractivity contribution is -0.141. The van der Waals surface area contributed by atoms with E-state index in [-0.39, 0.29) is 18.2 Å². The number of ether oxygens (including phenoxy) is 1. The predicted octanol–water partition coefficient (Wildman–Crippen LogP) is 2.40. The van der Waals surface area contributed by atoms with Crippen molar-refractivity contribution in [2.45, 2.75) is 19.3 Å². The molecule has 0 spiro atoms. The summed E-state index contributed by atoms with van der Waals surface area (Å²) < 4.78 is 19.7. The molecule has 4 nitrogen and oxygen atoms in total. The zero-order chi connectivity index (χ0) is 13.3. The Kier molecular flexibility index (Phi) is 3.52. The Labute approximate surface area is 108 Å². The molecule has 0 aliphatic heterocycles. The van der Waals surface area contributed by atoms with E-state index in [2.05, 4.69) is 9.72 Å². The molecule has 1 heterocycles. The molecule has 1 aromatic carbocycles. The molecule has 0 bridgehead atoms. The molecular weight excluding hydrogens is 259 g/mol. The summed E-state index contributed by atoms with van der Waals surface area (Å²) in [5, 5.41) is 0. The summed E-state index contributed by atoms with van der Waals surface area (Å²) in [6.45, 7) is 1.67. The minimum absolute atomic E-state index is 0.0140. The second-order valence-corrected chi connectivity index (χ2v) is 4.18. The highest BCUT2D eigenvalue weighted by molar-refractivity contribution is 6.16. The van der Waals surface area contributed by atoms with Crippen molar-refractivity contribution < 1.29 is 13.9 Å². The second-order valence-electron chi connectivity index (χ2n) is 3.91. The van der Waals surface area contributed by atoms with Crippen molar-refractivity contribution >= 4 is 28.6 Å². The molecule has 0 atom stereocenters. The number of aryl methyl sites for hydroxylation is 1. The van der Waals surface area contributed by atoms with Gasteiger partial charge >= 0.3 is 5.97 Å². The van der Waals surface area contributed by atoms with Gasteiger partial charge in [0.2, 0.25) is 0 Å². The maximum absolute atomic E-state index is 13.4. The first-order chi connectivity index (χ1) is 8.56. The Morgan fingerprint density at radius 3 is 2.89 bits per heavy atom. The molecule has 0 saturated heterocycles. The average Bonchev–Trinajstić information content (AvgIpc) is 2.67. The molecule has 0 N–H and O–H groups in total. The summed E-state index contributed by atoms with van der Waals surface area (Å²) in [6, 6.07) is 2.99. The minimum Gasteiger partial charge on any atom is -0.468 e. The molecule has 96 valence electrons. The molecule has 0 radical (unpaired) electrons. The van der Waals surface area contributed by atoms with Crippen LogP contribution in [0, 0.1) is 12.7 Å². The van der Waals surface area contributed by atoms with Crippen LogP contribution < -0.4 is 0 Å². The van der Waals surface area contributed by atoms with Crippen LogP contribution in [0.4, 0.5) is 4.39 Å². The number of alkyl halides is 1. The molecule has 0 fully saturated rings. The first-order valence-corrected chi connectivity index (χ1v) is 5.88. The second kappa shape index (κ2) is 4.94. The first kappa shape index (κ1) is 12.8. The molecule has 0 aliphatic rings.